The summed E-state index contributed by atoms with van der Waals surface area (Å²) >= 11 is 1.67. The van der Waals surface area contributed by atoms with Crippen molar-refractivity contribution >= 4 is 44.9 Å². The quantitative estimate of drug-likeness (QED) is 0.487. The van der Waals surface area contributed by atoms with Gasteiger partial charge in [0, 0.05) is 21.6 Å². The van der Waals surface area contributed by atoms with Gasteiger partial charge in [0.1, 0.15) is 0 Å². The number of amides is 1. The van der Waals surface area contributed by atoms with E-state index < -0.39 is 0 Å². The monoisotopic (exact) mass is 388 g/mol. The second kappa shape index (κ2) is 6.58. The summed E-state index contributed by atoms with van der Waals surface area (Å²) in [7, 11) is 0. The molecule has 4 aromatic heterocycles. The third-order valence-electron chi connectivity index (χ3n) is 4.57. The summed E-state index contributed by atoms with van der Waals surface area (Å²) in [5, 5.41) is 18.1. The zero-order chi connectivity index (χ0) is 19.1. The SMILES string of the molecule is Cc1cc(C(=O)Nc2ccc3[nH]ncc3c2)c2cnn(Cc3cccs3)c2n1. The first-order valence-corrected chi connectivity index (χ1v) is 9.65. The molecule has 7 nitrogen and oxygen atoms in total. The number of hydrogen-bond donors (Lipinski definition) is 2. The number of pyridine rings is 1. The second-order valence-electron chi connectivity index (χ2n) is 6.56. The second-order valence-corrected chi connectivity index (χ2v) is 7.59. The highest BCUT2D eigenvalue weighted by molar-refractivity contribution is 7.09. The topological polar surface area (TPSA) is 88.5 Å². The number of aryl methyl sites for hydroxylation is 1. The van der Waals surface area contributed by atoms with Gasteiger partial charge < -0.3 is 5.32 Å². The van der Waals surface area contributed by atoms with Crippen LogP contribution in [-0.4, -0.2) is 30.9 Å². The molecule has 0 saturated carbocycles. The number of aromatic amines is 1. The number of hydrogen-bond acceptors (Lipinski definition) is 5. The van der Waals surface area contributed by atoms with Crippen LogP contribution in [0, 0.1) is 6.92 Å². The standard InChI is InChI=1S/C20H16N6OS/c1-12-7-16(20(27)24-14-4-5-18-13(8-14)9-21-25-18)17-10-22-26(19(17)23-12)11-15-3-2-6-28-15/h2-10H,11H2,1H3,(H,21,25)(H,24,27). The molecule has 0 aliphatic carbocycles. The van der Waals surface area contributed by atoms with Crippen molar-refractivity contribution in [2.45, 2.75) is 13.5 Å². The molecule has 0 bridgehead atoms. The lowest BCUT2D eigenvalue weighted by molar-refractivity contribution is 0.102. The van der Waals surface area contributed by atoms with Crippen LogP contribution in [0.4, 0.5) is 5.69 Å². The van der Waals surface area contributed by atoms with Crippen molar-refractivity contribution in [1.29, 1.82) is 0 Å². The summed E-state index contributed by atoms with van der Waals surface area (Å²) in [5.41, 5.74) is 3.69. The summed E-state index contributed by atoms with van der Waals surface area (Å²) in [4.78, 5) is 18.8. The number of carbonyl (C=O) groups is 1. The van der Waals surface area contributed by atoms with E-state index in [4.69, 9.17) is 0 Å². The molecule has 138 valence electrons. The number of benzene rings is 1. The largest absolute Gasteiger partial charge is 0.322 e. The highest BCUT2D eigenvalue weighted by Gasteiger charge is 2.16. The van der Waals surface area contributed by atoms with Gasteiger partial charge in [-0.25, -0.2) is 9.67 Å². The van der Waals surface area contributed by atoms with Gasteiger partial charge in [0.2, 0.25) is 0 Å². The summed E-state index contributed by atoms with van der Waals surface area (Å²) in [6, 6.07) is 11.5. The Balaban J connectivity index is 1.50. The van der Waals surface area contributed by atoms with E-state index in [9.17, 15) is 4.79 Å². The molecule has 8 heteroatoms. The number of nitrogens with one attached hydrogen (secondary N) is 2. The van der Waals surface area contributed by atoms with Crippen molar-refractivity contribution < 1.29 is 4.79 Å². The minimum Gasteiger partial charge on any atom is -0.322 e. The number of anilines is 1. The molecule has 28 heavy (non-hydrogen) atoms. The summed E-state index contributed by atoms with van der Waals surface area (Å²) in [6.45, 7) is 2.52. The Bertz CT molecular complexity index is 1300. The predicted molar refractivity (Wildman–Crippen MR) is 110 cm³/mol. The Morgan fingerprint density at radius 3 is 3.04 bits per heavy atom. The lowest BCUT2D eigenvalue weighted by atomic mass is 10.1. The Labute approximate surface area is 164 Å². The van der Waals surface area contributed by atoms with Crippen molar-refractivity contribution in [3.63, 3.8) is 0 Å². The number of carbonyl (C=O) groups excluding carboxylic acids is 1. The molecule has 5 rings (SSSR count). The summed E-state index contributed by atoms with van der Waals surface area (Å²) < 4.78 is 1.84. The van der Waals surface area contributed by atoms with Crippen LogP contribution in [0.2, 0.25) is 0 Å². The van der Waals surface area contributed by atoms with Crippen LogP contribution in [0.3, 0.4) is 0 Å². The van der Waals surface area contributed by atoms with E-state index in [0.717, 1.165) is 22.0 Å². The van der Waals surface area contributed by atoms with Crippen molar-refractivity contribution in [1.82, 2.24) is 25.0 Å². The van der Waals surface area contributed by atoms with E-state index in [0.29, 0.717) is 23.4 Å². The maximum atomic E-state index is 13.0. The fraction of sp³-hybridized carbons (Fsp3) is 0.100. The first kappa shape index (κ1) is 16.6. The van der Waals surface area contributed by atoms with E-state index >= 15 is 0 Å². The highest BCUT2D eigenvalue weighted by atomic mass is 32.1. The molecule has 0 unspecified atom stereocenters. The van der Waals surface area contributed by atoms with Crippen LogP contribution in [0.1, 0.15) is 20.9 Å². The first-order chi connectivity index (χ1) is 13.7. The number of thiophene rings is 1. The summed E-state index contributed by atoms with van der Waals surface area (Å²) in [6.07, 6.45) is 3.44. The molecule has 4 heterocycles. The molecule has 0 fully saturated rings. The van der Waals surface area contributed by atoms with Gasteiger partial charge in [-0.3, -0.25) is 9.89 Å². The molecule has 5 aromatic rings. The van der Waals surface area contributed by atoms with E-state index in [1.165, 1.54) is 4.88 Å². The maximum Gasteiger partial charge on any atom is 0.256 e. The van der Waals surface area contributed by atoms with Crippen LogP contribution in [-0.2, 0) is 6.54 Å². The number of aromatic nitrogens is 5. The predicted octanol–water partition coefficient (Wildman–Crippen LogP) is 3.98. The lowest BCUT2D eigenvalue weighted by Gasteiger charge is -2.08. The maximum absolute atomic E-state index is 13.0. The van der Waals surface area contributed by atoms with Gasteiger partial charge >= 0.3 is 0 Å². The normalized spacial score (nSPS) is 11.3. The van der Waals surface area contributed by atoms with Gasteiger partial charge in [-0.15, -0.1) is 11.3 Å². The number of H-pyrrole nitrogens is 1. The number of fused-ring (bicyclic) bond motifs is 2. The van der Waals surface area contributed by atoms with Gasteiger partial charge in [0.05, 0.1) is 35.4 Å². The highest BCUT2D eigenvalue weighted by Crippen LogP contribution is 2.23. The zero-order valence-electron chi connectivity index (χ0n) is 15.0. The van der Waals surface area contributed by atoms with Gasteiger partial charge in [-0.1, -0.05) is 6.07 Å². The smallest absolute Gasteiger partial charge is 0.256 e. The van der Waals surface area contributed by atoms with Crippen LogP contribution in [0.5, 0.6) is 0 Å². The molecule has 0 atom stereocenters. The van der Waals surface area contributed by atoms with Crippen LogP contribution < -0.4 is 5.32 Å². The average molecular weight is 388 g/mol. The van der Waals surface area contributed by atoms with Crippen molar-refractivity contribution in [3.05, 3.63) is 70.3 Å². The Hall–Kier alpha value is -3.52. The lowest BCUT2D eigenvalue weighted by Crippen LogP contribution is -2.13. The Kier molecular flexibility index (Phi) is 3.91. The third kappa shape index (κ3) is 2.93. The van der Waals surface area contributed by atoms with Gasteiger partial charge in [-0.05, 0) is 42.6 Å². The van der Waals surface area contributed by atoms with E-state index in [1.54, 1.807) is 29.8 Å². The van der Waals surface area contributed by atoms with E-state index in [1.807, 2.05) is 41.3 Å². The van der Waals surface area contributed by atoms with Crippen LogP contribution >= 0.6 is 11.3 Å². The Morgan fingerprint density at radius 2 is 2.18 bits per heavy atom. The number of rotatable bonds is 4. The molecular formula is C20H16N6OS. The fourth-order valence-electron chi connectivity index (χ4n) is 3.25. The molecular weight excluding hydrogens is 372 g/mol. The summed E-state index contributed by atoms with van der Waals surface area (Å²) in [5.74, 6) is -0.186. The van der Waals surface area contributed by atoms with Crippen molar-refractivity contribution in [3.8, 4) is 0 Å². The molecule has 0 aliphatic heterocycles. The molecule has 1 amide bonds. The number of nitrogens with zero attached hydrogens (tertiary/aromatic N) is 4. The van der Waals surface area contributed by atoms with Gasteiger partial charge in [0.15, 0.2) is 5.65 Å². The van der Waals surface area contributed by atoms with Crippen LogP contribution in [0.25, 0.3) is 21.9 Å². The molecule has 0 aliphatic rings. The molecule has 0 spiro atoms. The fourth-order valence-corrected chi connectivity index (χ4v) is 3.93. The minimum atomic E-state index is -0.186. The molecule has 1 aromatic carbocycles. The van der Waals surface area contributed by atoms with Crippen molar-refractivity contribution in [2.24, 2.45) is 0 Å². The minimum absolute atomic E-state index is 0.186. The van der Waals surface area contributed by atoms with E-state index in [-0.39, 0.29) is 5.91 Å². The first-order valence-electron chi connectivity index (χ1n) is 8.77. The average Bonchev–Trinajstić information content (AvgIpc) is 3.43. The third-order valence-corrected chi connectivity index (χ3v) is 5.43. The van der Waals surface area contributed by atoms with E-state index in [2.05, 4.69) is 31.7 Å². The zero-order valence-corrected chi connectivity index (χ0v) is 15.8. The van der Waals surface area contributed by atoms with Gasteiger partial charge in [-0.2, -0.15) is 10.2 Å². The Morgan fingerprint density at radius 1 is 1.25 bits per heavy atom. The van der Waals surface area contributed by atoms with Crippen LogP contribution in [0.15, 0.2) is 54.2 Å². The molecule has 0 radical (unpaired) electrons. The molecule has 0 saturated heterocycles. The van der Waals surface area contributed by atoms with Crippen molar-refractivity contribution in [2.75, 3.05) is 5.32 Å². The molecule has 2 N–H and O–H groups in total. The van der Waals surface area contributed by atoms with Gasteiger partial charge in [0.25, 0.3) is 5.91 Å².